The van der Waals surface area contributed by atoms with Gasteiger partial charge in [-0.05, 0) is 34.1 Å². The van der Waals surface area contributed by atoms with E-state index >= 15 is 0 Å². The van der Waals surface area contributed by atoms with Crippen LogP contribution in [0, 0.1) is 0 Å². The first-order valence-corrected chi connectivity index (χ1v) is 9.26. The Labute approximate surface area is 145 Å². The summed E-state index contributed by atoms with van der Waals surface area (Å²) in [6.45, 7) is 11.0. The van der Waals surface area contributed by atoms with Crippen LogP contribution in [0.3, 0.4) is 0 Å². The zero-order chi connectivity index (χ0) is 17.4. The molecule has 3 heterocycles. The van der Waals surface area contributed by atoms with E-state index in [-0.39, 0.29) is 24.4 Å². The second kappa shape index (κ2) is 7.17. The summed E-state index contributed by atoms with van der Waals surface area (Å²) in [4.78, 5) is 0. The largest absolute Gasteiger partial charge is 0.372 e. The first-order chi connectivity index (χ1) is 11.3. The maximum atomic E-state index is 6.18. The summed E-state index contributed by atoms with van der Waals surface area (Å²) >= 11 is 0. The lowest BCUT2D eigenvalue weighted by Gasteiger charge is -2.29. The van der Waals surface area contributed by atoms with Crippen molar-refractivity contribution in [1.29, 1.82) is 0 Å². The van der Waals surface area contributed by atoms with Gasteiger partial charge in [-0.3, -0.25) is 0 Å². The minimum atomic E-state index is -0.642. The van der Waals surface area contributed by atoms with Gasteiger partial charge < -0.3 is 28.4 Å². The van der Waals surface area contributed by atoms with Crippen LogP contribution in [0.25, 0.3) is 0 Å². The molecule has 0 bridgehead atoms. The Morgan fingerprint density at radius 1 is 0.917 bits per heavy atom. The van der Waals surface area contributed by atoms with Gasteiger partial charge in [-0.25, -0.2) is 0 Å². The molecule has 0 spiro atoms. The van der Waals surface area contributed by atoms with Gasteiger partial charge in [0.2, 0.25) is 0 Å². The van der Waals surface area contributed by atoms with E-state index in [2.05, 4.69) is 6.92 Å². The highest BCUT2D eigenvalue weighted by molar-refractivity contribution is 4.98. The maximum absolute atomic E-state index is 6.18. The predicted octanol–water partition coefficient (Wildman–Crippen LogP) is 2.98. The smallest absolute Gasteiger partial charge is 0.190 e. The fourth-order valence-electron chi connectivity index (χ4n) is 3.62. The quantitative estimate of drug-likeness (QED) is 0.662. The molecule has 6 heteroatoms. The van der Waals surface area contributed by atoms with Gasteiger partial charge >= 0.3 is 0 Å². The average molecular weight is 344 g/mol. The number of ether oxygens (including phenoxy) is 6. The number of fused-ring (bicyclic) bond motifs is 1. The molecule has 6 nitrogen and oxygen atoms in total. The molecule has 0 amide bonds. The molecule has 0 aliphatic carbocycles. The van der Waals surface area contributed by atoms with E-state index < -0.39 is 17.9 Å². The predicted molar refractivity (Wildman–Crippen MR) is 87.5 cm³/mol. The summed E-state index contributed by atoms with van der Waals surface area (Å²) in [6.07, 6.45) is 3.47. The molecule has 3 saturated heterocycles. The number of hydrogen-bond acceptors (Lipinski definition) is 6. The third-order valence-corrected chi connectivity index (χ3v) is 4.73. The van der Waals surface area contributed by atoms with Crippen LogP contribution in [-0.4, -0.2) is 55.5 Å². The van der Waals surface area contributed by atoms with Crippen molar-refractivity contribution in [1.82, 2.24) is 0 Å². The van der Waals surface area contributed by atoms with E-state index in [0.29, 0.717) is 13.2 Å². The minimum Gasteiger partial charge on any atom is -0.372 e. The third kappa shape index (κ3) is 4.11. The highest BCUT2D eigenvalue weighted by Crippen LogP contribution is 2.41. The Morgan fingerprint density at radius 2 is 1.71 bits per heavy atom. The molecule has 0 aromatic carbocycles. The molecule has 0 saturated carbocycles. The summed E-state index contributed by atoms with van der Waals surface area (Å²) in [5, 5.41) is 0. The van der Waals surface area contributed by atoms with Crippen LogP contribution in [0.1, 0.15) is 60.3 Å². The lowest BCUT2D eigenvalue weighted by atomic mass is 10.1. The second-order valence-electron chi connectivity index (χ2n) is 7.83. The van der Waals surface area contributed by atoms with Crippen molar-refractivity contribution in [2.24, 2.45) is 0 Å². The average Bonchev–Trinajstić information content (AvgIpc) is 3.09. The van der Waals surface area contributed by atoms with Gasteiger partial charge in [0.1, 0.15) is 24.4 Å². The molecule has 0 N–H and O–H groups in total. The Bertz CT molecular complexity index is 424. The number of unbranched alkanes of at least 4 members (excludes halogenated alkanes) is 3. The molecule has 5 atom stereocenters. The van der Waals surface area contributed by atoms with E-state index in [9.17, 15) is 0 Å². The molecular formula is C18H32O6. The van der Waals surface area contributed by atoms with Gasteiger partial charge in [0.25, 0.3) is 0 Å². The fourth-order valence-corrected chi connectivity index (χ4v) is 3.62. The summed E-state index contributed by atoms with van der Waals surface area (Å²) in [6, 6.07) is 0. The molecule has 3 aliphatic rings. The van der Waals surface area contributed by atoms with Gasteiger partial charge in [-0.2, -0.15) is 0 Å². The Hall–Kier alpha value is -0.240. The summed E-state index contributed by atoms with van der Waals surface area (Å²) in [7, 11) is 0. The van der Waals surface area contributed by atoms with Gasteiger partial charge in [0.15, 0.2) is 17.9 Å². The highest BCUT2D eigenvalue weighted by Gasteiger charge is 2.58. The van der Waals surface area contributed by atoms with Crippen molar-refractivity contribution in [2.75, 3.05) is 13.2 Å². The van der Waals surface area contributed by atoms with Crippen molar-refractivity contribution in [3.8, 4) is 0 Å². The topological polar surface area (TPSA) is 55.4 Å². The molecule has 3 rings (SSSR count). The van der Waals surface area contributed by atoms with E-state index in [4.69, 9.17) is 28.4 Å². The van der Waals surface area contributed by atoms with Crippen molar-refractivity contribution in [3.63, 3.8) is 0 Å². The third-order valence-electron chi connectivity index (χ3n) is 4.73. The van der Waals surface area contributed by atoms with Crippen LogP contribution >= 0.6 is 0 Å². The molecule has 0 aromatic rings. The summed E-state index contributed by atoms with van der Waals surface area (Å²) < 4.78 is 35.9. The molecule has 3 fully saturated rings. The van der Waals surface area contributed by atoms with Crippen molar-refractivity contribution in [3.05, 3.63) is 0 Å². The van der Waals surface area contributed by atoms with E-state index in [0.717, 1.165) is 6.42 Å². The molecule has 140 valence electrons. The SMILES string of the molecule is CCCCCCO[C@@H]1[C@H]2OC(C)(C)O[C@H]2O[C@@H]1[C@H]1COC(C)(C)O1. The first-order valence-electron chi connectivity index (χ1n) is 9.26. The normalized spacial score (nSPS) is 40.1. The Balaban J connectivity index is 1.62. The summed E-state index contributed by atoms with van der Waals surface area (Å²) in [5.41, 5.74) is 0. The maximum Gasteiger partial charge on any atom is 0.190 e. The lowest BCUT2D eigenvalue weighted by molar-refractivity contribution is -0.236. The van der Waals surface area contributed by atoms with Crippen LogP contribution in [-0.2, 0) is 28.4 Å². The van der Waals surface area contributed by atoms with Crippen molar-refractivity contribution in [2.45, 2.75) is 103 Å². The van der Waals surface area contributed by atoms with Gasteiger partial charge in [-0.1, -0.05) is 26.2 Å². The Morgan fingerprint density at radius 3 is 2.38 bits per heavy atom. The monoisotopic (exact) mass is 344 g/mol. The fraction of sp³-hybridized carbons (Fsp3) is 1.00. The zero-order valence-corrected chi connectivity index (χ0v) is 15.6. The van der Waals surface area contributed by atoms with Crippen LogP contribution in [0.15, 0.2) is 0 Å². The van der Waals surface area contributed by atoms with Crippen LogP contribution in [0.5, 0.6) is 0 Å². The van der Waals surface area contributed by atoms with Gasteiger partial charge in [0.05, 0.1) is 6.61 Å². The van der Waals surface area contributed by atoms with Crippen LogP contribution in [0.4, 0.5) is 0 Å². The van der Waals surface area contributed by atoms with Crippen molar-refractivity contribution < 1.29 is 28.4 Å². The Kier molecular flexibility index (Phi) is 5.54. The number of hydrogen-bond donors (Lipinski definition) is 0. The molecule has 24 heavy (non-hydrogen) atoms. The highest BCUT2D eigenvalue weighted by atomic mass is 16.8. The van der Waals surface area contributed by atoms with Crippen LogP contribution < -0.4 is 0 Å². The molecule has 3 aliphatic heterocycles. The second-order valence-corrected chi connectivity index (χ2v) is 7.83. The molecule has 0 aromatic heterocycles. The van der Waals surface area contributed by atoms with E-state index in [1.165, 1.54) is 19.3 Å². The van der Waals surface area contributed by atoms with Crippen molar-refractivity contribution >= 4 is 0 Å². The molecule has 0 unspecified atom stereocenters. The van der Waals surface area contributed by atoms with Gasteiger partial charge in [0, 0.05) is 6.61 Å². The zero-order valence-electron chi connectivity index (χ0n) is 15.6. The molecular weight excluding hydrogens is 312 g/mol. The standard InChI is InChI=1S/C18H32O6/c1-6-7-8-9-10-19-14-13(12-11-20-17(2,3)22-12)21-16-15(14)23-18(4,5)24-16/h12-16H,6-11H2,1-5H3/t12-,13-,14+,15-,16-/m1/s1. The van der Waals surface area contributed by atoms with E-state index in [1.807, 2.05) is 27.7 Å². The van der Waals surface area contributed by atoms with Crippen LogP contribution in [0.2, 0.25) is 0 Å². The van der Waals surface area contributed by atoms with Gasteiger partial charge in [-0.15, -0.1) is 0 Å². The first kappa shape index (κ1) is 18.5. The van der Waals surface area contributed by atoms with E-state index in [1.54, 1.807) is 0 Å². The minimum absolute atomic E-state index is 0.165. The lowest BCUT2D eigenvalue weighted by Crippen LogP contribution is -2.44. The number of rotatable bonds is 7. The summed E-state index contributed by atoms with van der Waals surface area (Å²) in [5.74, 6) is -1.23. The molecule has 0 radical (unpaired) electrons.